The van der Waals surface area contributed by atoms with Crippen molar-refractivity contribution in [1.82, 2.24) is 4.90 Å². The van der Waals surface area contributed by atoms with Crippen molar-refractivity contribution in [2.45, 2.75) is 45.4 Å². The van der Waals surface area contributed by atoms with Crippen molar-refractivity contribution < 1.29 is 13.2 Å². The van der Waals surface area contributed by atoms with Gasteiger partial charge in [0.1, 0.15) is 0 Å². The molecule has 0 fully saturated rings. The van der Waals surface area contributed by atoms with Gasteiger partial charge < -0.3 is 4.90 Å². The lowest BCUT2D eigenvalue weighted by Crippen LogP contribution is -2.34. The summed E-state index contributed by atoms with van der Waals surface area (Å²) >= 11 is 6.17. The largest absolute Gasteiger partial charge is 0.339 e. The molecule has 0 aliphatic carbocycles. The third-order valence-electron chi connectivity index (χ3n) is 3.84. The van der Waals surface area contributed by atoms with Crippen molar-refractivity contribution in [3.05, 3.63) is 28.8 Å². The van der Waals surface area contributed by atoms with E-state index in [1.807, 2.05) is 0 Å². The highest BCUT2D eigenvalue weighted by atomic mass is 35.5. The van der Waals surface area contributed by atoms with Crippen LogP contribution in [0.15, 0.2) is 23.1 Å². The van der Waals surface area contributed by atoms with Crippen molar-refractivity contribution in [3.63, 3.8) is 0 Å². The maximum atomic E-state index is 12.9. The van der Waals surface area contributed by atoms with Crippen LogP contribution in [0.25, 0.3) is 0 Å². The van der Waals surface area contributed by atoms with Crippen LogP contribution in [0.5, 0.6) is 0 Å². The van der Waals surface area contributed by atoms with Gasteiger partial charge in [-0.25, -0.2) is 8.42 Å². The van der Waals surface area contributed by atoms with Gasteiger partial charge in [0.05, 0.1) is 15.5 Å². The maximum absolute atomic E-state index is 12.9. The Morgan fingerprint density at radius 2 is 1.58 bits per heavy atom. The summed E-state index contributed by atoms with van der Waals surface area (Å²) in [6, 6.07) is 4.30. The molecule has 1 aromatic carbocycles. The Kier molecular flexibility index (Phi) is 7.74. The van der Waals surface area contributed by atoms with Gasteiger partial charge in [-0.2, -0.15) is 0 Å². The van der Waals surface area contributed by atoms with Crippen LogP contribution in [0.2, 0.25) is 5.02 Å². The Hall–Kier alpha value is -1.07. The molecule has 0 bridgehead atoms. The lowest BCUT2D eigenvalue weighted by Gasteiger charge is -2.25. The van der Waals surface area contributed by atoms with Gasteiger partial charge in [0.2, 0.25) is 0 Å². The zero-order valence-electron chi connectivity index (χ0n) is 15.2. The predicted molar refractivity (Wildman–Crippen MR) is 99.4 cm³/mol. The second-order valence-corrected chi connectivity index (χ2v) is 9.49. The number of carbonyl (C=O) groups excluding carboxylic acids is 1. The third-order valence-corrected chi connectivity index (χ3v) is 5.28. The van der Waals surface area contributed by atoms with Gasteiger partial charge in [-0.3, -0.25) is 4.79 Å². The Balaban J connectivity index is 3.11. The van der Waals surface area contributed by atoms with E-state index in [0.29, 0.717) is 24.9 Å². The highest BCUT2D eigenvalue weighted by molar-refractivity contribution is 7.90. The molecule has 0 aliphatic heterocycles. The molecule has 0 saturated carbocycles. The van der Waals surface area contributed by atoms with E-state index >= 15 is 0 Å². The smallest absolute Gasteiger partial charge is 0.255 e. The lowest BCUT2D eigenvalue weighted by atomic mass is 10.1. The molecular weight excluding hydrogens is 346 g/mol. The number of halogens is 1. The Bertz CT molecular complexity index is 657. The molecule has 6 heteroatoms. The molecule has 0 N–H and O–H groups in total. The van der Waals surface area contributed by atoms with Crippen molar-refractivity contribution in [3.8, 4) is 0 Å². The first-order valence-electron chi connectivity index (χ1n) is 8.31. The molecule has 136 valence electrons. The summed E-state index contributed by atoms with van der Waals surface area (Å²) < 4.78 is 23.5. The fourth-order valence-electron chi connectivity index (χ4n) is 2.21. The van der Waals surface area contributed by atoms with Crippen LogP contribution in [0.1, 0.15) is 50.9 Å². The van der Waals surface area contributed by atoms with Crippen molar-refractivity contribution in [2.75, 3.05) is 19.3 Å². The lowest BCUT2D eigenvalue weighted by molar-refractivity contribution is 0.0740. The van der Waals surface area contributed by atoms with Gasteiger partial charge in [-0.05, 0) is 42.9 Å². The van der Waals surface area contributed by atoms with Crippen molar-refractivity contribution in [2.24, 2.45) is 11.8 Å². The van der Waals surface area contributed by atoms with Crippen molar-refractivity contribution in [1.29, 1.82) is 0 Å². The molecule has 0 unspecified atom stereocenters. The number of rotatable bonds is 8. The van der Waals surface area contributed by atoms with Crippen molar-refractivity contribution >= 4 is 27.3 Å². The quantitative estimate of drug-likeness (QED) is 0.683. The second-order valence-electron chi connectivity index (χ2n) is 7.07. The Morgan fingerprint density at radius 1 is 1.08 bits per heavy atom. The number of carbonyl (C=O) groups is 1. The summed E-state index contributed by atoms with van der Waals surface area (Å²) in [4.78, 5) is 14.8. The van der Waals surface area contributed by atoms with Crippen LogP contribution in [-0.4, -0.2) is 38.6 Å². The van der Waals surface area contributed by atoms with Crippen LogP contribution in [0.3, 0.4) is 0 Å². The first-order chi connectivity index (χ1) is 11.0. The summed E-state index contributed by atoms with van der Waals surface area (Å²) in [5.74, 6) is 0.765. The fourth-order valence-corrected chi connectivity index (χ4v) is 3.06. The number of nitrogens with zero attached hydrogens (tertiary/aromatic N) is 1. The number of hydrogen-bond donors (Lipinski definition) is 0. The number of benzene rings is 1. The molecule has 4 nitrogen and oxygen atoms in total. The van der Waals surface area contributed by atoms with E-state index in [1.165, 1.54) is 18.2 Å². The summed E-state index contributed by atoms with van der Waals surface area (Å²) in [6.07, 6.45) is 2.92. The summed E-state index contributed by atoms with van der Waals surface area (Å²) in [5, 5.41) is 0.284. The molecular formula is C18H28ClNO3S. The molecule has 24 heavy (non-hydrogen) atoms. The SMILES string of the molecule is CC(C)CCN(CCC(C)C)C(=O)c1cc(S(C)(=O)=O)ccc1Cl. The minimum absolute atomic E-state index is 0.114. The van der Waals surface area contributed by atoms with E-state index in [2.05, 4.69) is 27.7 Å². The highest BCUT2D eigenvalue weighted by Crippen LogP contribution is 2.23. The fraction of sp³-hybridized carbons (Fsp3) is 0.611. The maximum Gasteiger partial charge on any atom is 0.255 e. The van der Waals surface area contributed by atoms with Crippen LogP contribution in [-0.2, 0) is 9.84 Å². The zero-order valence-corrected chi connectivity index (χ0v) is 16.7. The summed E-state index contributed by atoms with van der Waals surface area (Å²) in [5.41, 5.74) is 0.257. The van der Waals surface area contributed by atoms with Crippen LogP contribution >= 0.6 is 11.6 Å². The molecule has 0 spiro atoms. The molecule has 1 rings (SSSR count). The number of hydrogen-bond acceptors (Lipinski definition) is 3. The Labute approximate surface area is 151 Å². The third kappa shape index (κ3) is 6.44. The predicted octanol–water partition coefficient (Wildman–Crippen LogP) is 4.28. The molecule has 1 aromatic rings. The van der Waals surface area contributed by atoms with Gasteiger partial charge in [0, 0.05) is 19.3 Å². The Morgan fingerprint density at radius 3 is 2.00 bits per heavy atom. The molecule has 0 aliphatic rings. The topological polar surface area (TPSA) is 54.5 Å². The van der Waals surface area contributed by atoms with E-state index < -0.39 is 9.84 Å². The number of amides is 1. The molecule has 0 atom stereocenters. The van der Waals surface area contributed by atoms with Gasteiger partial charge in [-0.15, -0.1) is 0 Å². The first kappa shape index (κ1) is 21.0. The van der Waals surface area contributed by atoms with Gasteiger partial charge >= 0.3 is 0 Å². The van der Waals surface area contributed by atoms with Gasteiger partial charge in [0.15, 0.2) is 9.84 Å². The summed E-state index contributed by atoms with van der Waals surface area (Å²) in [7, 11) is -3.38. The average Bonchev–Trinajstić information content (AvgIpc) is 2.45. The number of sulfone groups is 1. The summed E-state index contributed by atoms with van der Waals surface area (Å²) in [6.45, 7) is 9.74. The molecule has 0 radical (unpaired) electrons. The molecule has 0 aromatic heterocycles. The molecule has 1 amide bonds. The van der Waals surface area contributed by atoms with Gasteiger partial charge in [0.25, 0.3) is 5.91 Å². The van der Waals surface area contributed by atoms with Crippen LogP contribution < -0.4 is 0 Å². The minimum Gasteiger partial charge on any atom is -0.339 e. The van der Waals surface area contributed by atoms with E-state index in [4.69, 9.17) is 11.6 Å². The van der Waals surface area contributed by atoms with E-state index in [9.17, 15) is 13.2 Å². The average molecular weight is 374 g/mol. The second kappa shape index (κ2) is 8.86. The standard InChI is InChI=1S/C18H28ClNO3S/c1-13(2)8-10-20(11-9-14(3)4)18(21)16-12-15(24(5,22)23)6-7-17(16)19/h6-7,12-14H,8-11H2,1-5H3. The van der Waals surface area contributed by atoms with Crippen LogP contribution in [0.4, 0.5) is 0 Å². The zero-order chi connectivity index (χ0) is 18.5. The molecule has 0 heterocycles. The highest BCUT2D eigenvalue weighted by Gasteiger charge is 2.21. The normalized spacial score (nSPS) is 12.0. The van der Waals surface area contributed by atoms with Gasteiger partial charge in [-0.1, -0.05) is 39.3 Å². The first-order valence-corrected chi connectivity index (χ1v) is 10.6. The molecule has 0 saturated heterocycles. The van der Waals surface area contributed by atoms with E-state index in [-0.39, 0.29) is 21.4 Å². The van der Waals surface area contributed by atoms with E-state index in [0.717, 1.165) is 19.1 Å². The monoisotopic (exact) mass is 373 g/mol. The van der Waals surface area contributed by atoms with Crippen LogP contribution in [0, 0.1) is 11.8 Å². The minimum atomic E-state index is -3.38. The van der Waals surface area contributed by atoms with E-state index in [1.54, 1.807) is 4.90 Å².